The highest BCUT2D eigenvalue weighted by Gasteiger charge is 2.43. The first kappa shape index (κ1) is 27.3. The van der Waals surface area contributed by atoms with E-state index in [1.807, 2.05) is 24.3 Å². The number of para-hydroxylation sites is 1. The van der Waals surface area contributed by atoms with E-state index >= 15 is 0 Å². The largest absolute Gasteiger partial charge is 0.440 e. The average molecular weight is 565 g/mol. The zero-order chi connectivity index (χ0) is 28.5. The maximum atomic E-state index is 14.1. The van der Waals surface area contributed by atoms with Crippen LogP contribution in [0.15, 0.2) is 36.8 Å². The number of hydrogen-bond acceptors (Lipinski definition) is 7. The van der Waals surface area contributed by atoms with Crippen LogP contribution < -0.4 is 5.32 Å². The highest BCUT2D eigenvalue weighted by Crippen LogP contribution is 2.33. The van der Waals surface area contributed by atoms with Crippen LogP contribution in [0.3, 0.4) is 0 Å². The van der Waals surface area contributed by atoms with E-state index in [1.54, 1.807) is 11.1 Å². The van der Waals surface area contributed by atoms with E-state index < -0.39 is 30.4 Å². The number of cyclic esters (lactones) is 1. The van der Waals surface area contributed by atoms with Gasteiger partial charge in [-0.25, -0.2) is 9.78 Å². The Morgan fingerprint density at radius 2 is 2.05 bits per heavy atom. The predicted octanol–water partition coefficient (Wildman–Crippen LogP) is 2.66. The van der Waals surface area contributed by atoms with Crippen LogP contribution in [0.25, 0.3) is 10.9 Å². The van der Waals surface area contributed by atoms with Crippen LogP contribution in [0.4, 0.5) is 4.79 Å². The minimum atomic E-state index is -1.15. The molecule has 0 bridgehead atoms. The fourth-order valence-electron chi connectivity index (χ4n) is 6.52. The summed E-state index contributed by atoms with van der Waals surface area (Å²) in [4.78, 5) is 57.0. The third-order valence-corrected chi connectivity index (χ3v) is 8.71. The lowest BCUT2D eigenvalue weighted by Crippen LogP contribution is -2.56. The molecule has 3 aromatic rings. The van der Waals surface area contributed by atoms with Gasteiger partial charge in [-0.1, -0.05) is 50.3 Å². The number of rotatable bonds is 10. The normalized spacial score (nSPS) is 21.7. The number of benzene rings is 1. The molecule has 1 unspecified atom stereocenters. The Balaban J connectivity index is 1.26. The molecule has 1 saturated carbocycles. The van der Waals surface area contributed by atoms with Gasteiger partial charge in [-0.05, 0) is 18.4 Å². The summed E-state index contributed by atoms with van der Waals surface area (Å²) < 4.78 is 5.39. The molecule has 0 spiro atoms. The number of ether oxygens (including phenoxy) is 1. The summed E-state index contributed by atoms with van der Waals surface area (Å²) >= 11 is 0. The van der Waals surface area contributed by atoms with Crippen LogP contribution >= 0.6 is 0 Å². The molecule has 2 aromatic heterocycles. The predicted molar refractivity (Wildman–Crippen MR) is 147 cm³/mol. The molecule has 0 radical (unpaired) electrons. The number of aromatic nitrogens is 3. The highest BCUT2D eigenvalue weighted by molar-refractivity contribution is 6.05. The summed E-state index contributed by atoms with van der Waals surface area (Å²) in [7, 11) is 1.36. The molecule has 4 N–H and O–H groups in total. The lowest BCUT2D eigenvalue weighted by Gasteiger charge is -2.34. The molecule has 12 nitrogen and oxygen atoms in total. The second-order valence-electron chi connectivity index (χ2n) is 11.2. The molecule has 218 valence electrons. The van der Waals surface area contributed by atoms with E-state index in [1.165, 1.54) is 19.9 Å². The minimum absolute atomic E-state index is 0.0521. The van der Waals surface area contributed by atoms with Gasteiger partial charge in [0.15, 0.2) is 6.10 Å². The number of aliphatic hydroxyl groups is 1. The maximum Gasteiger partial charge on any atom is 0.434 e. The van der Waals surface area contributed by atoms with Crippen LogP contribution in [-0.2, 0) is 27.3 Å². The maximum absolute atomic E-state index is 14.1. The molecule has 12 heteroatoms. The van der Waals surface area contributed by atoms with Crippen molar-refractivity contribution in [1.82, 2.24) is 30.2 Å². The van der Waals surface area contributed by atoms with Crippen molar-refractivity contribution in [2.75, 3.05) is 13.7 Å². The molecule has 2 aliphatic heterocycles. The summed E-state index contributed by atoms with van der Waals surface area (Å²) in [5.41, 5.74) is 2.87. The van der Waals surface area contributed by atoms with E-state index in [-0.39, 0.29) is 31.3 Å². The third-order valence-electron chi connectivity index (χ3n) is 8.71. The summed E-state index contributed by atoms with van der Waals surface area (Å²) in [6.45, 7) is 0.330. The van der Waals surface area contributed by atoms with Gasteiger partial charge in [0.2, 0.25) is 5.91 Å². The van der Waals surface area contributed by atoms with Gasteiger partial charge in [0.05, 0.1) is 31.7 Å². The van der Waals surface area contributed by atoms with Gasteiger partial charge in [0, 0.05) is 35.6 Å². The summed E-state index contributed by atoms with van der Waals surface area (Å²) in [5.74, 6) is -0.316. The molecule has 1 aromatic carbocycles. The van der Waals surface area contributed by atoms with Gasteiger partial charge in [-0.2, -0.15) is 5.06 Å². The van der Waals surface area contributed by atoms with E-state index in [4.69, 9.17) is 9.57 Å². The van der Waals surface area contributed by atoms with Crippen LogP contribution in [-0.4, -0.2) is 85.9 Å². The molecule has 41 heavy (non-hydrogen) atoms. The second-order valence-corrected chi connectivity index (χ2v) is 11.2. The lowest BCUT2D eigenvalue weighted by atomic mass is 9.83. The lowest BCUT2D eigenvalue weighted by molar-refractivity contribution is -0.128. The Kier molecular flexibility index (Phi) is 7.67. The number of aromatic amines is 2. The fraction of sp³-hybridized carbons (Fsp3) is 0.517. The van der Waals surface area contributed by atoms with Gasteiger partial charge in [-0.15, -0.1) is 0 Å². The second kappa shape index (κ2) is 11.5. The van der Waals surface area contributed by atoms with Crippen molar-refractivity contribution in [2.24, 2.45) is 5.92 Å². The number of carbonyl (C=O) groups excluding carboxylic acids is 3. The Bertz CT molecular complexity index is 1400. The number of amides is 3. The van der Waals surface area contributed by atoms with Gasteiger partial charge >= 0.3 is 6.09 Å². The number of fused-ring (bicyclic) bond motifs is 3. The number of imidazole rings is 1. The SMILES string of the molecule is CON1CC([C@H](O)[C@H](CC2CCCCC2)NC(=O)[C@H](Cc2c[nH]cn2)N2Cc3c([nH]c4ccccc34)C2=O)OC1=O. The van der Waals surface area contributed by atoms with Gasteiger partial charge < -0.3 is 30.0 Å². The summed E-state index contributed by atoms with van der Waals surface area (Å²) in [5, 5.41) is 16.5. The quantitative estimate of drug-likeness (QED) is 0.295. The van der Waals surface area contributed by atoms with Crippen molar-refractivity contribution in [3.63, 3.8) is 0 Å². The first-order valence-electron chi connectivity index (χ1n) is 14.3. The number of hydroxylamine groups is 2. The minimum Gasteiger partial charge on any atom is -0.440 e. The summed E-state index contributed by atoms with van der Waals surface area (Å²) in [6.07, 6.45) is 6.71. The number of nitrogens with zero attached hydrogens (tertiary/aromatic N) is 3. The molecule has 4 heterocycles. The Labute approximate surface area is 237 Å². The van der Waals surface area contributed by atoms with E-state index in [2.05, 4.69) is 20.3 Å². The van der Waals surface area contributed by atoms with Gasteiger partial charge in [-0.3, -0.25) is 14.4 Å². The molecule has 1 aliphatic carbocycles. The molecule has 4 atom stereocenters. The molecule has 3 amide bonds. The zero-order valence-electron chi connectivity index (χ0n) is 23.0. The van der Waals surface area contributed by atoms with Crippen LogP contribution in [0.5, 0.6) is 0 Å². The van der Waals surface area contributed by atoms with E-state index in [9.17, 15) is 19.5 Å². The van der Waals surface area contributed by atoms with Crippen molar-refractivity contribution in [1.29, 1.82) is 0 Å². The van der Waals surface area contributed by atoms with Crippen molar-refractivity contribution in [2.45, 2.75) is 75.8 Å². The van der Waals surface area contributed by atoms with Crippen molar-refractivity contribution >= 4 is 28.8 Å². The van der Waals surface area contributed by atoms with Gasteiger partial charge in [0.1, 0.15) is 17.8 Å². The van der Waals surface area contributed by atoms with E-state index in [0.717, 1.165) is 47.2 Å². The first-order valence-corrected chi connectivity index (χ1v) is 14.3. The Hall–Kier alpha value is -3.90. The fourth-order valence-corrected chi connectivity index (χ4v) is 6.52. The molecule has 2 fully saturated rings. The van der Waals surface area contributed by atoms with Crippen molar-refractivity contribution < 1.29 is 29.1 Å². The average Bonchev–Trinajstić information content (AvgIpc) is 3.77. The van der Waals surface area contributed by atoms with Crippen molar-refractivity contribution in [3.05, 3.63) is 53.7 Å². The monoisotopic (exact) mass is 564 g/mol. The third kappa shape index (κ3) is 5.41. The van der Waals surface area contributed by atoms with Crippen LogP contribution in [0.2, 0.25) is 0 Å². The number of hydrogen-bond donors (Lipinski definition) is 4. The number of carbonyl (C=O) groups is 3. The standard InChI is InChI=1S/C29H36N6O6/c1-40-35-15-24(41-29(35)39)26(36)22(11-17-7-3-2-4-8-17)33-27(37)23(12-18-13-30-16-31-18)34-14-20-19-9-5-6-10-21(19)32-25(20)28(34)38/h5-6,9-10,13,16-17,22-24,26,32,36H,2-4,7-8,11-12,14-15H2,1H3,(H,30,31)(H,33,37)/t22-,23-,24?,26+/m0/s1. The molecule has 3 aliphatic rings. The van der Waals surface area contributed by atoms with Gasteiger partial charge in [0.25, 0.3) is 5.91 Å². The number of H-pyrrole nitrogens is 2. The molecular formula is C29H36N6O6. The summed E-state index contributed by atoms with van der Waals surface area (Å²) in [6, 6.07) is 6.18. The van der Waals surface area contributed by atoms with Crippen LogP contribution in [0.1, 0.15) is 60.3 Å². The highest BCUT2D eigenvalue weighted by atomic mass is 16.7. The molecular weight excluding hydrogens is 528 g/mol. The number of nitrogens with one attached hydrogen (secondary N) is 3. The smallest absolute Gasteiger partial charge is 0.434 e. The zero-order valence-corrected chi connectivity index (χ0v) is 23.0. The number of aliphatic hydroxyl groups excluding tert-OH is 1. The Morgan fingerprint density at radius 1 is 1.24 bits per heavy atom. The Morgan fingerprint density at radius 3 is 2.78 bits per heavy atom. The van der Waals surface area contributed by atoms with Crippen molar-refractivity contribution in [3.8, 4) is 0 Å². The molecule has 6 rings (SSSR count). The molecule has 1 saturated heterocycles. The van der Waals surface area contributed by atoms with E-state index in [0.29, 0.717) is 23.7 Å². The first-order chi connectivity index (χ1) is 19.9. The van der Waals surface area contributed by atoms with Crippen LogP contribution in [0, 0.1) is 5.92 Å². The topological polar surface area (TPSA) is 153 Å².